The van der Waals surface area contributed by atoms with Crippen molar-refractivity contribution in [3.05, 3.63) is 0 Å². The van der Waals surface area contributed by atoms with Gasteiger partial charge in [-0.15, -0.1) is 0 Å². The number of carbonyl (C=O) groups is 1. The predicted molar refractivity (Wildman–Crippen MR) is 59.2 cm³/mol. The zero-order chi connectivity index (χ0) is 12.5. The Bertz CT molecular complexity index is 273. The third-order valence-electron chi connectivity index (χ3n) is 2.94. The summed E-state index contributed by atoms with van der Waals surface area (Å²) in [6.45, 7) is 5.98. The zero-order valence-corrected chi connectivity index (χ0v) is 10.6. The second kappa shape index (κ2) is 4.92. The van der Waals surface area contributed by atoms with E-state index in [0.29, 0.717) is 19.4 Å². The highest BCUT2D eigenvalue weighted by atomic mass is 16.8. The van der Waals surface area contributed by atoms with Crippen LogP contribution in [-0.4, -0.2) is 36.9 Å². The third kappa shape index (κ3) is 3.18. The van der Waals surface area contributed by atoms with Crippen LogP contribution in [0.15, 0.2) is 0 Å². The van der Waals surface area contributed by atoms with Gasteiger partial charge in [0.15, 0.2) is 12.1 Å². The molecule has 0 aliphatic carbocycles. The molecule has 0 bridgehead atoms. The maximum absolute atomic E-state index is 11.2. The molecule has 2 aliphatic heterocycles. The molecule has 5 heteroatoms. The van der Waals surface area contributed by atoms with Crippen molar-refractivity contribution in [2.45, 2.75) is 64.3 Å². The fourth-order valence-electron chi connectivity index (χ4n) is 2.28. The first kappa shape index (κ1) is 12.8. The molecule has 0 radical (unpaired) electrons. The van der Waals surface area contributed by atoms with Gasteiger partial charge in [-0.05, 0) is 27.2 Å². The minimum Gasteiger partial charge on any atom is -0.466 e. The molecular formula is C12H20O5. The smallest absolute Gasteiger partial charge is 0.305 e. The lowest BCUT2D eigenvalue weighted by Crippen LogP contribution is -2.25. The summed E-state index contributed by atoms with van der Waals surface area (Å²) in [6, 6.07) is 0. The number of fused-ring (bicyclic) bond motifs is 1. The fraction of sp³-hybridized carbons (Fsp3) is 0.917. The Labute approximate surface area is 101 Å². The molecule has 3 atom stereocenters. The molecule has 0 aromatic heterocycles. The molecular weight excluding hydrogens is 224 g/mol. The van der Waals surface area contributed by atoms with Gasteiger partial charge in [-0.25, -0.2) is 0 Å². The minimum absolute atomic E-state index is 0.00260. The summed E-state index contributed by atoms with van der Waals surface area (Å²) in [5.74, 6) is -0.725. The van der Waals surface area contributed by atoms with Gasteiger partial charge in [0.25, 0.3) is 0 Å². The van der Waals surface area contributed by atoms with E-state index in [4.69, 9.17) is 18.9 Å². The molecule has 2 aliphatic rings. The summed E-state index contributed by atoms with van der Waals surface area (Å²) < 4.78 is 21.9. The molecule has 0 amide bonds. The molecule has 5 nitrogen and oxygen atoms in total. The van der Waals surface area contributed by atoms with Crippen molar-refractivity contribution in [2.24, 2.45) is 0 Å². The molecule has 2 saturated heterocycles. The third-order valence-corrected chi connectivity index (χ3v) is 2.94. The first-order valence-electron chi connectivity index (χ1n) is 6.17. The molecule has 17 heavy (non-hydrogen) atoms. The van der Waals surface area contributed by atoms with Crippen molar-refractivity contribution >= 4 is 5.97 Å². The van der Waals surface area contributed by atoms with Crippen molar-refractivity contribution < 1.29 is 23.7 Å². The summed E-state index contributed by atoms with van der Waals surface area (Å²) in [5, 5.41) is 0. The maximum Gasteiger partial charge on any atom is 0.305 e. The normalized spacial score (nSPS) is 34.6. The van der Waals surface area contributed by atoms with Crippen LogP contribution in [-0.2, 0) is 23.7 Å². The van der Waals surface area contributed by atoms with E-state index in [1.807, 2.05) is 13.8 Å². The van der Waals surface area contributed by atoms with Crippen LogP contribution in [0.25, 0.3) is 0 Å². The van der Waals surface area contributed by atoms with Crippen molar-refractivity contribution in [3.63, 3.8) is 0 Å². The lowest BCUT2D eigenvalue weighted by atomic mass is 10.1. The largest absolute Gasteiger partial charge is 0.466 e. The van der Waals surface area contributed by atoms with Crippen LogP contribution in [0.4, 0.5) is 0 Å². The van der Waals surface area contributed by atoms with Crippen LogP contribution in [0, 0.1) is 0 Å². The monoisotopic (exact) mass is 244 g/mol. The first-order valence-corrected chi connectivity index (χ1v) is 6.17. The van der Waals surface area contributed by atoms with Crippen LogP contribution in [0.2, 0.25) is 0 Å². The second-order valence-electron chi connectivity index (χ2n) is 4.88. The van der Waals surface area contributed by atoms with E-state index in [2.05, 4.69) is 0 Å². The minimum atomic E-state index is -0.554. The van der Waals surface area contributed by atoms with Gasteiger partial charge in [-0.2, -0.15) is 0 Å². The molecule has 2 rings (SSSR count). The lowest BCUT2D eigenvalue weighted by molar-refractivity contribution is -0.205. The Kier molecular flexibility index (Phi) is 3.70. The highest BCUT2D eigenvalue weighted by Crippen LogP contribution is 2.38. The summed E-state index contributed by atoms with van der Waals surface area (Å²) in [4.78, 5) is 11.2. The Morgan fingerprint density at radius 2 is 2.18 bits per heavy atom. The first-order chi connectivity index (χ1) is 8.00. The number of rotatable bonds is 4. The fourth-order valence-corrected chi connectivity index (χ4v) is 2.28. The van der Waals surface area contributed by atoms with Gasteiger partial charge >= 0.3 is 5.97 Å². The van der Waals surface area contributed by atoms with E-state index in [0.717, 1.165) is 6.42 Å². The topological polar surface area (TPSA) is 54.0 Å². The van der Waals surface area contributed by atoms with Crippen molar-refractivity contribution in [1.29, 1.82) is 0 Å². The number of carbonyl (C=O) groups excluding carboxylic acids is 1. The van der Waals surface area contributed by atoms with Crippen LogP contribution in [0.5, 0.6) is 0 Å². The summed E-state index contributed by atoms with van der Waals surface area (Å²) >= 11 is 0. The second-order valence-corrected chi connectivity index (χ2v) is 4.88. The van der Waals surface area contributed by atoms with E-state index < -0.39 is 5.79 Å². The zero-order valence-electron chi connectivity index (χ0n) is 10.6. The van der Waals surface area contributed by atoms with Gasteiger partial charge in [0, 0.05) is 12.8 Å². The number of ether oxygens (including phenoxy) is 4. The molecule has 2 heterocycles. The average Bonchev–Trinajstić information content (AvgIpc) is 2.68. The molecule has 0 aromatic carbocycles. The Hall–Kier alpha value is -0.650. The quantitative estimate of drug-likeness (QED) is 0.703. The van der Waals surface area contributed by atoms with Crippen molar-refractivity contribution in [2.75, 3.05) is 6.61 Å². The molecule has 0 spiro atoms. The number of hydrogen-bond donors (Lipinski definition) is 0. The van der Waals surface area contributed by atoms with E-state index in [9.17, 15) is 4.79 Å². The van der Waals surface area contributed by atoms with E-state index in [1.165, 1.54) is 0 Å². The summed E-state index contributed by atoms with van der Waals surface area (Å²) in [5.41, 5.74) is 0. The SMILES string of the molecule is CCOC(=O)CC[C@@H]1C[C@H]2OC(C)(C)OC2O1. The van der Waals surface area contributed by atoms with Gasteiger partial charge in [-0.3, -0.25) is 4.79 Å². The van der Waals surface area contributed by atoms with E-state index >= 15 is 0 Å². The Morgan fingerprint density at radius 1 is 1.41 bits per heavy atom. The summed E-state index contributed by atoms with van der Waals surface area (Å²) in [6.07, 6.45) is 1.59. The molecule has 0 N–H and O–H groups in total. The Morgan fingerprint density at radius 3 is 2.82 bits per heavy atom. The van der Waals surface area contributed by atoms with E-state index in [-0.39, 0.29) is 24.5 Å². The van der Waals surface area contributed by atoms with Gasteiger partial charge in [0.2, 0.25) is 0 Å². The molecule has 98 valence electrons. The number of hydrogen-bond acceptors (Lipinski definition) is 5. The lowest BCUT2D eigenvalue weighted by Gasteiger charge is -2.20. The molecule has 0 saturated carbocycles. The summed E-state index contributed by atoms with van der Waals surface area (Å²) in [7, 11) is 0. The van der Waals surface area contributed by atoms with Crippen LogP contribution in [0.1, 0.15) is 40.0 Å². The maximum atomic E-state index is 11.2. The van der Waals surface area contributed by atoms with Gasteiger partial charge in [-0.1, -0.05) is 0 Å². The predicted octanol–water partition coefficient (Wildman–Crippen LogP) is 1.60. The molecule has 2 fully saturated rings. The highest BCUT2D eigenvalue weighted by molar-refractivity contribution is 5.69. The van der Waals surface area contributed by atoms with Gasteiger partial charge < -0.3 is 18.9 Å². The number of esters is 1. The van der Waals surface area contributed by atoms with Crippen LogP contribution < -0.4 is 0 Å². The van der Waals surface area contributed by atoms with Gasteiger partial charge in [0.05, 0.1) is 12.7 Å². The average molecular weight is 244 g/mol. The van der Waals surface area contributed by atoms with Crippen LogP contribution >= 0.6 is 0 Å². The molecule has 0 aromatic rings. The van der Waals surface area contributed by atoms with Crippen LogP contribution in [0.3, 0.4) is 0 Å². The Balaban J connectivity index is 1.72. The molecule has 1 unspecified atom stereocenters. The van der Waals surface area contributed by atoms with Crippen molar-refractivity contribution in [3.8, 4) is 0 Å². The highest BCUT2D eigenvalue weighted by Gasteiger charge is 2.48. The standard InChI is InChI=1S/C12H20O5/c1-4-14-10(13)6-5-8-7-9-11(15-8)17-12(2,3)16-9/h8-9,11H,4-7H2,1-3H3/t8-,9-,11?/m1/s1. The van der Waals surface area contributed by atoms with Gasteiger partial charge in [0.1, 0.15) is 6.10 Å². The van der Waals surface area contributed by atoms with E-state index in [1.54, 1.807) is 6.92 Å². The van der Waals surface area contributed by atoms with Crippen molar-refractivity contribution in [1.82, 2.24) is 0 Å².